The lowest BCUT2D eigenvalue weighted by atomic mass is 10.3. The van der Waals surface area contributed by atoms with E-state index in [2.05, 4.69) is 22.4 Å². The van der Waals surface area contributed by atoms with Crippen molar-refractivity contribution in [1.29, 1.82) is 0 Å². The SMILES string of the molecule is CCCCn1nnnc1CN(C)C(C)CO. The highest BCUT2D eigenvalue weighted by molar-refractivity contribution is 4.81. The molecule has 0 aliphatic carbocycles. The number of tetrazole rings is 1. The lowest BCUT2D eigenvalue weighted by Gasteiger charge is -2.21. The van der Waals surface area contributed by atoms with Gasteiger partial charge in [-0.1, -0.05) is 13.3 Å². The topological polar surface area (TPSA) is 67.1 Å². The predicted octanol–water partition coefficient (Wildman–Crippen LogP) is 0.286. The van der Waals surface area contributed by atoms with Gasteiger partial charge < -0.3 is 5.11 Å². The number of nitrogens with zero attached hydrogens (tertiary/aromatic N) is 5. The molecule has 1 aromatic heterocycles. The first-order valence-electron chi connectivity index (χ1n) is 5.75. The number of hydrogen-bond acceptors (Lipinski definition) is 5. The zero-order valence-electron chi connectivity index (χ0n) is 10.3. The van der Waals surface area contributed by atoms with E-state index in [4.69, 9.17) is 5.11 Å². The summed E-state index contributed by atoms with van der Waals surface area (Å²) in [5.74, 6) is 0.858. The van der Waals surface area contributed by atoms with Crippen LogP contribution in [0.15, 0.2) is 0 Å². The van der Waals surface area contributed by atoms with Crippen LogP contribution >= 0.6 is 0 Å². The van der Waals surface area contributed by atoms with E-state index < -0.39 is 0 Å². The van der Waals surface area contributed by atoms with Crippen LogP contribution in [-0.2, 0) is 13.1 Å². The molecule has 0 radical (unpaired) electrons. The fourth-order valence-corrected chi connectivity index (χ4v) is 1.34. The van der Waals surface area contributed by atoms with E-state index in [0.717, 1.165) is 25.2 Å². The molecule has 0 aliphatic rings. The van der Waals surface area contributed by atoms with Crippen LogP contribution in [0.3, 0.4) is 0 Å². The minimum atomic E-state index is 0.122. The van der Waals surface area contributed by atoms with Crippen molar-refractivity contribution in [1.82, 2.24) is 25.1 Å². The van der Waals surface area contributed by atoms with Crippen LogP contribution < -0.4 is 0 Å². The molecule has 1 N–H and O–H groups in total. The standard InChI is InChI=1S/C10H21N5O/c1-4-5-6-15-10(11-12-13-15)7-14(3)9(2)8-16/h9,16H,4-8H2,1-3H3. The van der Waals surface area contributed by atoms with Gasteiger partial charge in [-0.05, 0) is 30.8 Å². The fourth-order valence-electron chi connectivity index (χ4n) is 1.34. The zero-order chi connectivity index (χ0) is 12.0. The monoisotopic (exact) mass is 227 g/mol. The molecule has 1 rings (SSSR count). The molecule has 1 heterocycles. The van der Waals surface area contributed by atoms with Gasteiger partial charge in [0.25, 0.3) is 0 Å². The maximum Gasteiger partial charge on any atom is 0.165 e. The number of likely N-dealkylation sites (N-methyl/N-ethyl adjacent to an activating group) is 1. The fraction of sp³-hybridized carbons (Fsp3) is 0.900. The summed E-state index contributed by atoms with van der Waals surface area (Å²) in [4.78, 5) is 2.04. The second-order valence-electron chi connectivity index (χ2n) is 4.12. The Kier molecular flexibility index (Phi) is 5.34. The van der Waals surface area contributed by atoms with E-state index in [9.17, 15) is 0 Å². The molecular formula is C10H21N5O. The van der Waals surface area contributed by atoms with Crippen LogP contribution in [-0.4, -0.2) is 49.9 Å². The summed E-state index contributed by atoms with van der Waals surface area (Å²) in [6, 6.07) is 0.122. The summed E-state index contributed by atoms with van der Waals surface area (Å²) in [5, 5.41) is 20.7. The molecular weight excluding hydrogens is 206 g/mol. The molecule has 0 bridgehead atoms. The van der Waals surface area contributed by atoms with Crippen molar-refractivity contribution in [2.24, 2.45) is 0 Å². The first-order valence-corrected chi connectivity index (χ1v) is 5.75. The number of aliphatic hydroxyl groups excluding tert-OH is 1. The summed E-state index contributed by atoms with van der Waals surface area (Å²) in [6.45, 7) is 5.79. The molecule has 1 aromatic rings. The van der Waals surface area contributed by atoms with Crippen molar-refractivity contribution in [2.75, 3.05) is 13.7 Å². The Labute approximate surface area is 96.3 Å². The third-order valence-electron chi connectivity index (χ3n) is 2.74. The third kappa shape index (κ3) is 3.53. The van der Waals surface area contributed by atoms with Crippen LogP contribution in [0.5, 0.6) is 0 Å². The average molecular weight is 227 g/mol. The first-order chi connectivity index (χ1) is 7.69. The van der Waals surface area contributed by atoms with E-state index in [0.29, 0.717) is 6.54 Å². The van der Waals surface area contributed by atoms with Crippen molar-refractivity contribution >= 4 is 0 Å². The van der Waals surface area contributed by atoms with Gasteiger partial charge >= 0.3 is 0 Å². The second-order valence-corrected chi connectivity index (χ2v) is 4.12. The molecule has 0 saturated heterocycles. The lowest BCUT2D eigenvalue weighted by Crippen LogP contribution is -2.32. The molecule has 0 saturated carbocycles. The number of aliphatic hydroxyl groups is 1. The van der Waals surface area contributed by atoms with Crippen LogP contribution in [0.1, 0.15) is 32.5 Å². The number of hydrogen-bond donors (Lipinski definition) is 1. The Morgan fingerprint density at radius 2 is 2.25 bits per heavy atom. The van der Waals surface area contributed by atoms with Gasteiger partial charge in [0.15, 0.2) is 5.82 Å². The van der Waals surface area contributed by atoms with Crippen molar-refractivity contribution in [3.8, 4) is 0 Å². The summed E-state index contributed by atoms with van der Waals surface area (Å²) >= 11 is 0. The molecule has 1 unspecified atom stereocenters. The lowest BCUT2D eigenvalue weighted by molar-refractivity contribution is 0.150. The van der Waals surface area contributed by atoms with Gasteiger partial charge in [-0.3, -0.25) is 4.90 Å². The molecule has 0 spiro atoms. The largest absolute Gasteiger partial charge is 0.395 e. The summed E-state index contributed by atoms with van der Waals surface area (Å²) < 4.78 is 1.84. The van der Waals surface area contributed by atoms with Crippen LogP contribution in [0.2, 0.25) is 0 Å². The van der Waals surface area contributed by atoms with Crippen molar-refractivity contribution in [3.05, 3.63) is 5.82 Å². The molecule has 1 atom stereocenters. The number of aryl methyl sites for hydroxylation is 1. The molecule has 6 heteroatoms. The molecule has 0 aromatic carbocycles. The summed E-state index contributed by atoms with van der Waals surface area (Å²) in [7, 11) is 1.96. The van der Waals surface area contributed by atoms with Gasteiger partial charge in [-0.15, -0.1) is 5.10 Å². The Morgan fingerprint density at radius 3 is 2.88 bits per heavy atom. The third-order valence-corrected chi connectivity index (χ3v) is 2.74. The highest BCUT2D eigenvalue weighted by Gasteiger charge is 2.12. The average Bonchev–Trinajstić information content (AvgIpc) is 2.72. The van der Waals surface area contributed by atoms with Gasteiger partial charge in [0, 0.05) is 12.6 Å². The zero-order valence-corrected chi connectivity index (χ0v) is 10.3. The van der Waals surface area contributed by atoms with E-state index in [1.54, 1.807) is 0 Å². The highest BCUT2D eigenvalue weighted by atomic mass is 16.3. The number of unbranched alkanes of at least 4 members (excludes halogenated alkanes) is 1. The van der Waals surface area contributed by atoms with Crippen molar-refractivity contribution in [3.63, 3.8) is 0 Å². The Balaban J connectivity index is 2.55. The van der Waals surface area contributed by atoms with E-state index in [1.807, 2.05) is 23.6 Å². The van der Waals surface area contributed by atoms with E-state index in [1.165, 1.54) is 0 Å². The van der Waals surface area contributed by atoms with Gasteiger partial charge in [0.2, 0.25) is 0 Å². The number of rotatable bonds is 7. The van der Waals surface area contributed by atoms with Gasteiger partial charge in [-0.2, -0.15) is 0 Å². The second kappa shape index (κ2) is 6.55. The van der Waals surface area contributed by atoms with E-state index in [-0.39, 0.29) is 12.6 Å². The Hall–Kier alpha value is -1.01. The smallest absolute Gasteiger partial charge is 0.165 e. The molecule has 0 aliphatic heterocycles. The summed E-state index contributed by atoms with van der Waals surface area (Å²) in [6.07, 6.45) is 2.21. The van der Waals surface area contributed by atoms with Crippen LogP contribution in [0.25, 0.3) is 0 Å². The quantitative estimate of drug-likeness (QED) is 0.725. The molecule has 0 amide bonds. The maximum absolute atomic E-state index is 9.04. The first kappa shape index (κ1) is 13.1. The van der Waals surface area contributed by atoms with Crippen molar-refractivity contribution in [2.45, 2.75) is 45.8 Å². The summed E-state index contributed by atoms with van der Waals surface area (Å²) in [5.41, 5.74) is 0. The maximum atomic E-state index is 9.04. The molecule has 16 heavy (non-hydrogen) atoms. The minimum Gasteiger partial charge on any atom is -0.395 e. The number of aromatic nitrogens is 4. The molecule has 0 fully saturated rings. The normalized spacial score (nSPS) is 13.3. The van der Waals surface area contributed by atoms with E-state index >= 15 is 0 Å². The van der Waals surface area contributed by atoms with Crippen LogP contribution in [0.4, 0.5) is 0 Å². The predicted molar refractivity (Wildman–Crippen MR) is 60.7 cm³/mol. The molecule has 6 nitrogen and oxygen atoms in total. The highest BCUT2D eigenvalue weighted by Crippen LogP contribution is 2.03. The van der Waals surface area contributed by atoms with Gasteiger partial charge in [0.05, 0.1) is 13.2 Å². The van der Waals surface area contributed by atoms with Crippen LogP contribution in [0, 0.1) is 0 Å². The van der Waals surface area contributed by atoms with Gasteiger partial charge in [-0.25, -0.2) is 4.68 Å². The Morgan fingerprint density at radius 1 is 1.50 bits per heavy atom. The Bertz CT molecular complexity index is 301. The van der Waals surface area contributed by atoms with Crippen molar-refractivity contribution < 1.29 is 5.11 Å². The molecule has 92 valence electrons. The minimum absolute atomic E-state index is 0.122. The van der Waals surface area contributed by atoms with Gasteiger partial charge in [0.1, 0.15) is 0 Å².